The summed E-state index contributed by atoms with van der Waals surface area (Å²) in [6.07, 6.45) is 0. The van der Waals surface area contributed by atoms with E-state index in [2.05, 4.69) is 5.32 Å². The monoisotopic (exact) mass is 410 g/mol. The zero-order valence-corrected chi connectivity index (χ0v) is 17.2. The first-order valence-electron chi connectivity index (χ1n) is 8.92. The van der Waals surface area contributed by atoms with Gasteiger partial charge in [0.15, 0.2) is 0 Å². The quantitative estimate of drug-likeness (QED) is 0.664. The highest BCUT2D eigenvalue weighted by Crippen LogP contribution is 2.24. The van der Waals surface area contributed by atoms with Gasteiger partial charge in [-0.25, -0.2) is 8.42 Å². The molecule has 0 saturated carbocycles. The molecule has 29 heavy (non-hydrogen) atoms. The molecule has 0 bridgehead atoms. The maximum absolute atomic E-state index is 12.9. The number of ether oxygens (including phenoxy) is 1. The van der Waals surface area contributed by atoms with E-state index in [1.165, 1.54) is 11.4 Å². The zero-order valence-electron chi connectivity index (χ0n) is 16.4. The molecule has 0 atom stereocenters. The molecule has 0 heterocycles. The first-order chi connectivity index (χ1) is 13.8. The van der Waals surface area contributed by atoms with Crippen LogP contribution in [0.2, 0.25) is 0 Å². The van der Waals surface area contributed by atoms with E-state index in [1.807, 2.05) is 6.92 Å². The predicted molar refractivity (Wildman–Crippen MR) is 114 cm³/mol. The lowest BCUT2D eigenvalue weighted by Gasteiger charge is -2.20. The molecule has 0 aliphatic rings. The lowest BCUT2D eigenvalue weighted by atomic mass is 10.2. The van der Waals surface area contributed by atoms with Crippen molar-refractivity contribution in [1.29, 1.82) is 0 Å². The molecule has 3 aromatic rings. The largest absolute Gasteiger partial charge is 0.497 e. The Hall–Kier alpha value is -3.32. The first kappa shape index (κ1) is 20.4. The van der Waals surface area contributed by atoms with Gasteiger partial charge in [-0.05, 0) is 49.4 Å². The Morgan fingerprint density at radius 1 is 0.966 bits per heavy atom. The Balaban J connectivity index is 1.84. The van der Waals surface area contributed by atoms with Gasteiger partial charge in [0.2, 0.25) is 0 Å². The summed E-state index contributed by atoms with van der Waals surface area (Å²) in [6, 6.07) is 20.1. The van der Waals surface area contributed by atoms with Crippen LogP contribution in [-0.4, -0.2) is 28.5 Å². The van der Waals surface area contributed by atoms with E-state index in [1.54, 1.807) is 79.9 Å². The Kier molecular flexibility index (Phi) is 5.89. The number of nitrogens with zero attached hydrogens (tertiary/aromatic N) is 1. The SMILES string of the molecule is COc1cccc(NC(=O)c2cccc(N(C)S(=O)(=O)c3ccc(C)cc3)c2)c1. The van der Waals surface area contributed by atoms with E-state index in [-0.39, 0.29) is 10.8 Å². The van der Waals surface area contributed by atoms with E-state index < -0.39 is 10.0 Å². The maximum atomic E-state index is 12.9. The van der Waals surface area contributed by atoms with Crippen molar-refractivity contribution in [3.8, 4) is 5.75 Å². The minimum absolute atomic E-state index is 0.192. The van der Waals surface area contributed by atoms with Crippen molar-refractivity contribution in [3.63, 3.8) is 0 Å². The number of hydrogen-bond donors (Lipinski definition) is 1. The Labute approximate surface area is 170 Å². The number of anilines is 2. The molecule has 0 spiro atoms. The van der Waals surface area contributed by atoms with Crippen molar-refractivity contribution in [2.24, 2.45) is 0 Å². The van der Waals surface area contributed by atoms with Crippen LogP contribution in [0, 0.1) is 6.92 Å². The van der Waals surface area contributed by atoms with Crippen LogP contribution >= 0.6 is 0 Å². The standard InChI is InChI=1S/C22H22N2O4S/c1-16-10-12-21(13-11-16)29(26,27)24(2)19-8-4-6-17(14-19)22(25)23-18-7-5-9-20(15-18)28-3/h4-15H,1-3H3,(H,23,25). The molecule has 7 heteroatoms. The molecule has 0 aliphatic heterocycles. The van der Waals surface area contributed by atoms with Gasteiger partial charge in [0, 0.05) is 24.4 Å². The fourth-order valence-electron chi connectivity index (χ4n) is 2.75. The Bertz CT molecular complexity index is 1130. The summed E-state index contributed by atoms with van der Waals surface area (Å²) in [5.41, 5.74) is 2.29. The second kappa shape index (κ2) is 8.36. The van der Waals surface area contributed by atoms with Gasteiger partial charge in [0.25, 0.3) is 15.9 Å². The summed E-state index contributed by atoms with van der Waals surface area (Å²) in [7, 11) is -0.717. The summed E-state index contributed by atoms with van der Waals surface area (Å²) in [6.45, 7) is 1.89. The third-order valence-corrected chi connectivity index (χ3v) is 6.28. The van der Waals surface area contributed by atoms with Crippen molar-refractivity contribution in [1.82, 2.24) is 0 Å². The van der Waals surface area contributed by atoms with Gasteiger partial charge in [-0.3, -0.25) is 9.10 Å². The van der Waals surface area contributed by atoms with Crippen molar-refractivity contribution in [2.45, 2.75) is 11.8 Å². The molecular formula is C22H22N2O4S. The minimum atomic E-state index is -3.73. The van der Waals surface area contributed by atoms with Crippen LogP contribution in [0.3, 0.4) is 0 Å². The van der Waals surface area contributed by atoms with Crippen LogP contribution < -0.4 is 14.4 Å². The number of nitrogens with one attached hydrogen (secondary N) is 1. The van der Waals surface area contributed by atoms with Gasteiger partial charge in [-0.15, -0.1) is 0 Å². The highest BCUT2D eigenvalue weighted by atomic mass is 32.2. The van der Waals surface area contributed by atoms with E-state index in [9.17, 15) is 13.2 Å². The van der Waals surface area contributed by atoms with Gasteiger partial charge in [0.05, 0.1) is 17.7 Å². The van der Waals surface area contributed by atoms with Crippen LogP contribution in [0.25, 0.3) is 0 Å². The van der Waals surface area contributed by atoms with Crippen LogP contribution in [0.4, 0.5) is 11.4 Å². The van der Waals surface area contributed by atoms with Gasteiger partial charge in [-0.2, -0.15) is 0 Å². The van der Waals surface area contributed by atoms with E-state index >= 15 is 0 Å². The lowest BCUT2D eigenvalue weighted by Crippen LogP contribution is -2.26. The molecule has 0 radical (unpaired) electrons. The summed E-state index contributed by atoms with van der Waals surface area (Å²) in [4.78, 5) is 12.8. The van der Waals surface area contributed by atoms with Crippen molar-refractivity contribution >= 4 is 27.3 Å². The smallest absolute Gasteiger partial charge is 0.264 e. The van der Waals surface area contributed by atoms with Crippen LogP contribution in [0.5, 0.6) is 5.75 Å². The van der Waals surface area contributed by atoms with Crippen LogP contribution in [-0.2, 0) is 10.0 Å². The second-order valence-corrected chi connectivity index (χ2v) is 8.49. The van der Waals surface area contributed by atoms with Crippen molar-refractivity contribution in [3.05, 3.63) is 83.9 Å². The molecule has 0 aliphatic carbocycles. The number of carbonyl (C=O) groups is 1. The van der Waals surface area contributed by atoms with Crippen LogP contribution in [0.15, 0.2) is 77.7 Å². The number of sulfonamides is 1. The van der Waals surface area contributed by atoms with Crippen molar-refractivity contribution in [2.75, 3.05) is 23.8 Å². The average Bonchev–Trinajstić information content (AvgIpc) is 2.73. The third-order valence-electron chi connectivity index (χ3n) is 4.48. The summed E-state index contributed by atoms with van der Waals surface area (Å²) >= 11 is 0. The Morgan fingerprint density at radius 2 is 1.66 bits per heavy atom. The Morgan fingerprint density at radius 3 is 2.34 bits per heavy atom. The second-order valence-electron chi connectivity index (χ2n) is 6.52. The molecule has 150 valence electrons. The molecule has 0 fully saturated rings. The predicted octanol–water partition coefficient (Wildman–Crippen LogP) is 4.08. The first-order valence-corrected chi connectivity index (χ1v) is 10.4. The fourth-order valence-corrected chi connectivity index (χ4v) is 3.94. The highest BCUT2D eigenvalue weighted by Gasteiger charge is 2.22. The normalized spacial score (nSPS) is 11.0. The average molecular weight is 410 g/mol. The molecule has 0 unspecified atom stereocenters. The topological polar surface area (TPSA) is 75.7 Å². The van der Waals surface area contributed by atoms with Crippen molar-refractivity contribution < 1.29 is 17.9 Å². The fraction of sp³-hybridized carbons (Fsp3) is 0.136. The number of carbonyl (C=O) groups excluding carboxylic acids is 1. The van der Waals surface area contributed by atoms with Gasteiger partial charge < -0.3 is 10.1 Å². The minimum Gasteiger partial charge on any atom is -0.497 e. The highest BCUT2D eigenvalue weighted by molar-refractivity contribution is 7.92. The summed E-state index contributed by atoms with van der Waals surface area (Å²) < 4.78 is 32.1. The molecule has 0 aromatic heterocycles. The summed E-state index contributed by atoms with van der Waals surface area (Å²) in [5.74, 6) is 0.279. The number of aryl methyl sites for hydroxylation is 1. The van der Waals surface area contributed by atoms with Crippen LogP contribution in [0.1, 0.15) is 15.9 Å². The number of benzene rings is 3. The van der Waals surface area contributed by atoms with Gasteiger partial charge >= 0.3 is 0 Å². The van der Waals surface area contributed by atoms with E-state index in [0.717, 1.165) is 5.56 Å². The molecule has 1 N–H and O–H groups in total. The molecule has 6 nitrogen and oxygen atoms in total. The number of rotatable bonds is 6. The van der Waals surface area contributed by atoms with E-state index in [0.29, 0.717) is 22.7 Å². The maximum Gasteiger partial charge on any atom is 0.264 e. The molecule has 3 aromatic carbocycles. The molecule has 3 rings (SSSR count). The lowest BCUT2D eigenvalue weighted by molar-refractivity contribution is 0.102. The molecule has 0 saturated heterocycles. The number of methoxy groups -OCH3 is 1. The number of hydrogen-bond acceptors (Lipinski definition) is 4. The summed E-state index contributed by atoms with van der Waals surface area (Å²) in [5, 5.41) is 2.79. The third kappa shape index (κ3) is 4.57. The van der Waals surface area contributed by atoms with Gasteiger partial charge in [-0.1, -0.05) is 29.8 Å². The van der Waals surface area contributed by atoms with E-state index in [4.69, 9.17) is 4.74 Å². The number of amides is 1. The zero-order chi connectivity index (χ0) is 21.0. The molecular weight excluding hydrogens is 388 g/mol. The molecule has 1 amide bonds. The van der Waals surface area contributed by atoms with Gasteiger partial charge in [0.1, 0.15) is 5.75 Å².